The number of fused-ring (bicyclic) bond motifs is 1. The van der Waals surface area contributed by atoms with Gasteiger partial charge < -0.3 is 14.9 Å². The molecule has 0 amide bonds. The molecular weight excluding hydrogens is 276 g/mol. The molecule has 0 spiro atoms. The summed E-state index contributed by atoms with van der Waals surface area (Å²) in [6, 6.07) is -0.234. The van der Waals surface area contributed by atoms with Gasteiger partial charge in [0.1, 0.15) is 0 Å². The van der Waals surface area contributed by atoms with Crippen molar-refractivity contribution in [2.75, 3.05) is 13.2 Å². The lowest BCUT2D eigenvalue weighted by molar-refractivity contribution is -0.0112. The van der Waals surface area contributed by atoms with Crippen LogP contribution >= 0.6 is 0 Å². The van der Waals surface area contributed by atoms with Crippen molar-refractivity contribution in [3.8, 4) is 0 Å². The molecule has 2 heterocycles. The summed E-state index contributed by atoms with van der Waals surface area (Å²) in [4.78, 5) is 26.0. The Balaban J connectivity index is 1.86. The van der Waals surface area contributed by atoms with Gasteiger partial charge in [-0.3, -0.25) is 14.3 Å². The van der Waals surface area contributed by atoms with Crippen LogP contribution in [0.5, 0.6) is 0 Å². The first-order chi connectivity index (χ1) is 9.98. The van der Waals surface area contributed by atoms with E-state index in [0.29, 0.717) is 18.6 Å². The Labute approximate surface area is 120 Å². The van der Waals surface area contributed by atoms with Gasteiger partial charge in [0.2, 0.25) is 0 Å². The maximum atomic E-state index is 12.2. The van der Waals surface area contributed by atoms with E-state index in [1.165, 1.54) is 4.57 Å². The number of aryl methyl sites for hydroxylation is 1. The van der Waals surface area contributed by atoms with Crippen LogP contribution in [0.25, 0.3) is 0 Å². The lowest BCUT2D eigenvalue weighted by atomic mass is 9.74. The van der Waals surface area contributed by atoms with E-state index in [-0.39, 0.29) is 36.0 Å². The van der Waals surface area contributed by atoms with Crippen molar-refractivity contribution in [3.63, 3.8) is 0 Å². The second-order valence-corrected chi connectivity index (χ2v) is 6.65. The van der Waals surface area contributed by atoms with Crippen molar-refractivity contribution in [1.29, 1.82) is 0 Å². The number of nitrogens with zero attached hydrogens (tertiary/aromatic N) is 1. The van der Waals surface area contributed by atoms with Crippen molar-refractivity contribution in [3.05, 3.63) is 32.6 Å². The molecule has 1 aromatic rings. The average molecular weight is 294 g/mol. The maximum Gasteiger partial charge on any atom is 0.328 e. The monoisotopic (exact) mass is 294 g/mol. The SMILES string of the molecule is Cc1cn([C@H]2[C@H]3C[C@]4(CO)CO[C@H]([C@H]3O)[C@H]24)c(=O)[nH]c1=O. The van der Waals surface area contributed by atoms with Crippen LogP contribution in [0.3, 0.4) is 0 Å². The Morgan fingerprint density at radius 2 is 2.29 bits per heavy atom. The highest BCUT2D eigenvalue weighted by atomic mass is 16.5. The number of H-pyrrole nitrogens is 1. The number of rotatable bonds is 2. The smallest absolute Gasteiger partial charge is 0.328 e. The number of aliphatic hydroxyl groups excluding tert-OH is 2. The fourth-order valence-corrected chi connectivity index (χ4v) is 4.70. The predicted molar refractivity (Wildman–Crippen MR) is 72.0 cm³/mol. The molecular formula is C14H18N2O5. The minimum Gasteiger partial charge on any atom is -0.396 e. The molecule has 21 heavy (non-hydrogen) atoms. The highest BCUT2D eigenvalue weighted by Gasteiger charge is 2.70. The number of hydrogen-bond donors (Lipinski definition) is 3. The van der Waals surface area contributed by atoms with Crippen molar-refractivity contribution < 1.29 is 14.9 Å². The molecule has 7 nitrogen and oxygen atoms in total. The summed E-state index contributed by atoms with van der Waals surface area (Å²) in [5, 5.41) is 20.1. The highest BCUT2D eigenvalue weighted by molar-refractivity contribution is 5.19. The zero-order valence-electron chi connectivity index (χ0n) is 11.7. The van der Waals surface area contributed by atoms with Crippen molar-refractivity contribution in [2.45, 2.75) is 31.6 Å². The summed E-state index contributed by atoms with van der Waals surface area (Å²) >= 11 is 0. The van der Waals surface area contributed by atoms with Gasteiger partial charge in [-0.25, -0.2) is 4.79 Å². The normalized spacial score (nSPS) is 43.7. The number of ether oxygens (including phenoxy) is 1. The van der Waals surface area contributed by atoms with Crippen LogP contribution in [0.1, 0.15) is 18.0 Å². The Bertz CT molecular complexity index is 710. The lowest BCUT2D eigenvalue weighted by Gasteiger charge is -2.30. The van der Waals surface area contributed by atoms with Crippen LogP contribution in [0, 0.1) is 24.2 Å². The summed E-state index contributed by atoms with van der Waals surface area (Å²) in [6.07, 6.45) is 1.24. The summed E-state index contributed by atoms with van der Waals surface area (Å²) in [6.45, 7) is 2.06. The van der Waals surface area contributed by atoms with Gasteiger partial charge in [-0.2, -0.15) is 0 Å². The second-order valence-electron chi connectivity index (χ2n) is 6.65. The van der Waals surface area contributed by atoms with E-state index in [1.807, 2.05) is 0 Å². The first-order valence-electron chi connectivity index (χ1n) is 7.21. The van der Waals surface area contributed by atoms with Crippen LogP contribution in [0.15, 0.2) is 15.8 Å². The summed E-state index contributed by atoms with van der Waals surface area (Å²) in [5.41, 5.74) is -0.767. The predicted octanol–water partition coefficient (Wildman–Crippen LogP) is -1.23. The van der Waals surface area contributed by atoms with Crippen LogP contribution in [0.2, 0.25) is 0 Å². The molecule has 1 aromatic heterocycles. The Morgan fingerprint density at radius 3 is 3.00 bits per heavy atom. The number of aromatic amines is 1. The summed E-state index contributed by atoms with van der Waals surface area (Å²) < 4.78 is 7.20. The van der Waals surface area contributed by atoms with Gasteiger partial charge in [0.15, 0.2) is 0 Å². The molecule has 2 bridgehead atoms. The summed E-state index contributed by atoms with van der Waals surface area (Å²) in [7, 11) is 0. The first kappa shape index (κ1) is 13.2. The number of nitrogens with one attached hydrogen (secondary N) is 1. The maximum absolute atomic E-state index is 12.2. The Hall–Kier alpha value is -1.44. The minimum absolute atomic E-state index is 0.00896. The molecule has 3 N–H and O–H groups in total. The van der Waals surface area contributed by atoms with Gasteiger partial charge in [-0.05, 0) is 13.3 Å². The molecule has 2 aliphatic carbocycles. The largest absolute Gasteiger partial charge is 0.396 e. The number of hydrogen-bond acceptors (Lipinski definition) is 5. The molecule has 1 saturated heterocycles. The molecule has 1 aliphatic heterocycles. The molecule has 6 atom stereocenters. The van der Waals surface area contributed by atoms with Crippen LogP contribution in [0.4, 0.5) is 0 Å². The van der Waals surface area contributed by atoms with Crippen LogP contribution in [-0.4, -0.2) is 45.2 Å². The van der Waals surface area contributed by atoms with E-state index in [4.69, 9.17) is 4.74 Å². The molecule has 2 saturated carbocycles. The summed E-state index contributed by atoms with van der Waals surface area (Å²) in [5.74, 6) is -0.219. The zero-order valence-corrected chi connectivity index (χ0v) is 11.7. The van der Waals surface area contributed by atoms with Crippen molar-refractivity contribution in [1.82, 2.24) is 9.55 Å². The molecule has 0 aromatic carbocycles. The van der Waals surface area contributed by atoms with Gasteiger partial charge in [0.25, 0.3) is 5.56 Å². The van der Waals surface area contributed by atoms with E-state index in [2.05, 4.69) is 4.98 Å². The van der Waals surface area contributed by atoms with Gasteiger partial charge >= 0.3 is 5.69 Å². The molecule has 114 valence electrons. The molecule has 3 fully saturated rings. The lowest BCUT2D eigenvalue weighted by Crippen LogP contribution is -2.40. The van der Waals surface area contributed by atoms with Gasteiger partial charge in [0, 0.05) is 35.1 Å². The van der Waals surface area contributed by atoms with Crippen molar-refractivity contribution in [2.24, 2.45) is 17.3 Å². The third-order valence-electron chi connectivity index (χ3n) is 5.63. The van der Waals surface area contributed by atoms with Crippen LogP contribution < -0.4 is 11.2 Å². The number of aliphatic hydroxyl groups is 2. The fraction of sp³-hybridized carbons (Fsp3) is 0.714. The van der Waals surface area contributed by atoms with E-state index in [0.717, 1.165) is 0 Å². The van der Waals surface area contributed by atoms with E-state index < -0.39 is 17.4 Å². The molecule has 0 radical (unpaired) electrons. The minimum atomic E-state index is -0.624. The van der Waals surface area contributed by atoms with Gasteiger partial charge in [-0.1, -0.05) is 0 Å². The van der Waals surface area contributed by atoms with E-state index in [9.17, 15) is 19.8 Å². The molecule has 0 unspecified atom stereocenters. The van der Waals surface area contributed by atoms with E-state index in [1.54, 1.807) is 13.1 Å². The molecule has 4 rings (SSSR count). The van der Waals surface area contributed by atoms with Crippen LogP contribution in [-0.2, 0) is 4.74 Å². The fourth-order valence-electron chi connectivity index (χ4n) is 4.70. The van der Waals surface area contributed by atoms with Gasteiger partial charge in [0.05, 0.1) is 25.4 Å². The van der Waals surface area contributed by atoms with Crippen molar-refractivity contribution >= 4 is 0 Å². The average Bonchev–Trinajstić information content (AvgIpc) is 3.01. The topological polar surface area (TPSA) is 105 Å². The quantitative estimate of drug-likeness (QED) is 0.634. The van der Waals surface area contributed by atoms with E-state index >= 15 is 0 Å². The third kappa shape index (κ3) is 1.48. The molecule has 7 heteroatoms. The second kappa shape index (κ2) is 4.06. The standard InChI is InChI=1S/C14H18N2O5/c1-6-3-16(13(20)15-12(6)19)9-7-2-14(4-17)5-21-11(8(9)14)10(7)18/h3,7-11,17-18H,2,4-5H2,1H3,(H,15,19,20)/t7-,8+,9+,10+,11+,14+/m1/s1. The number of aromatic nitrogens is 2. The zero-order chi connectivity index (χ0) is 14.9. The third-order valence-corrected chi connectivity index (χ3v) is 5.63. The first-order valence-corrected chi connectivity index (χ1v) is 7.21. The Kier molecular flexibility index (Phi) is 2.56. The van der Waals surface area contributed by atoms with Gasteiger partial charge in [-0.15, -0.1) is 0 Å². The Morgan fingerprint density at radius 1 is 1.52 bits per heavy atom. The highest BCUT2D eigenvalue weighted by Crippen LogP contribution is 2.65. The molecule has 3 aliphatic rings.